The van der Waals surface area contributed by atoms with Gasteiger partial charge in [0.15, 0.2) is 0 Å². The molecule has 1 spiro atoms. The minimum absolute atomic E-state index is 0.0610. The summed E-state index contributed by atoms with van der Waals surface area (Å²) in [5, 5.41) is 13.9. The Morgan fingerprint density at radius 3 is 2.73 bits per heavy atom. The number of nitrogens with one attached hydrogen (secondary N) is 2. The number of carbonyl (C=O) groups excluding carboxylic acids is 2. The third-order valence-corrected chi connectivity index (χ3v) is 8.61. The van der Waals surface area contributed by atoms with Crippen LogP contribution in [0.4, 0.5) is 11.5 Å². The molecule has 10 nitrogen and oxygen atoms in total. The third-order valence-electron chi connectivity index (χ3n) is 7.78. The summed E-state index contributed by atoms with van der Waals surface area (Å²) >= 11 is 1.55. The van der Waals surface area contributed by atoms with Crippen molar-refractivity contribution in [2.75, 3.05) is 37.0 Å². The number of piperidine rings is 1. The molecule has 2 fully saturated rings. The van der Waals surface area contributed by atoms with Gasteiger partial charge in [0.2, 0.25) is 5.91 Å². The first kappa shape index (κ1) is 27.3. The van der Waals surface area contributed by atoms with Crippen molar-refractivity contribution in [1.29, 1.82) is 5.41 Å². The fourth-order valence-corrected chi connectivity index (χ4v) is 6.15. The molecule has 0 radical (unpaired) electrons. The number of nitrogens with zero attached hydrogens (tertiary/aromatic N) is 4. The van der Waals surface area contributed by atoms with Gasteiger partial charge in [-0.25, -0.2) is 9.97 Å². The Labute approximate surface area is 237 Å². The van der Waals surface area contributed by atoms with E-state index in [1.165, 1.54) is 12.4 Å². The lowest BCUT2D eigenvalue weighted by Crippen LogP contribution is -2.51. The van der Waals surface area contributed by atoms with Crippen LogP contribution in [0.5, 0.6) is 5.75 Å². The van der Waals surface area contributed by atoms with E-state index in [1.54, 1.807) is 35.6 Å². The predicted octanol–water partition coefficient (Wildman–Crippen LogP) is 3.48. The lowest BCUT2D eigenvalue weighted by atomic mass is 9.74. The van der Waals surface area contributed by atoms with E-state index >= 15 is 0 Å². The topological polar surface area (TPSA) is 138 Å². The van der Waals surface area contributed by atoms with Crippen molar-refractivity contribution in [2.45, 2.75) is 32.2 Å². The summed E-state index contributed by atoms with van der Waals surface area (Å²) in [5.41, 5.74) is 8.08. The van der Waals surface area contributed by atoms with Gasteiger partial charge in [-0.05, 0) is 44.0 Å². The molecule has 0 bridgehead atoms. The summed E-state index contributed by atoms with van der Waals surface area (Å²) in [4.78, 5) is 39.6. The zero-order chi connectivity index (χ0) is 28.3. The summed E-state index contributed by atoms with van der Waals surface area (Å²) in [6, 6.07) is 10.7. The Kier molecular flexibility index (Phi) is 7.83. The van der Waals surface area contributed by atoms with Gasteiger partial charge in [0, 0.05) is 71.9 Å². The van der Waals surface area contributed by atoms with Gasteiger partial charge in [-0.1, -0.05) is 6.07 Å². The molecule has 208 valence electrons. The van der Waals surface area contributed by atoms with Crippen molar-refractivity contribution < 1.29 is 14.3 Å². The van der Waals surface area contributed by atoms with E-state index in [2.05, 4.69) is 15.3 Å². The van der Waals surface area contributed by atoms with E-state index in [9.17, 15) is 9.59 Å². The van der Waals surface area contributed by atoms with Crippen LogP contribution >= 0.6 is 11.3 Å². The molecule has 1 aromatic carbocycles. The standard InChI is InChI=1S/C29H33N7O3S/c1-19-33-23(17-40-19)13-26(37)35-10-8-29(9-11-35)18-36(25-7-6-20(16-32-25)21(14-30)15-31)28(38)27(29)34-22-4-3-5-24(12-22)39-2/h3-7,12,14-17,27,30,34H,8-11,13,18,31H2,1-2H3/b21-15+,30-14?. The van der Waals surface area contributed by atoms with Gasteiger partial charge in [-0.15, -0.1) is 11.3 Å². The summed E-state index contributed by atoms with van der Waals surface area (Å²) in [6.07, 6.45) is 5.79. The van der Waals surface area contributed by atoms with Crippen molar-refractivity contribution in [1.82, 2.24) is 14.9 Å². The van der Waals surface area contributed by atoms with Crippen LogP contribution in [-0.4, -0.2) is 65.7 Å². The number of aryl methyl sites for hydroxylation is 1. The highest BCUT2D eigenvalue weighted by molar-refractivity contribution is 7.09. The highest BCUT2D eigenvalue weighted by atomic mass is 32.1. The van der Waals surface area contributed by atoms with Gasteiger partial charge in [0.05, 0.1) is 24.2 Å². The zero-order valence-electron chi connectivity index (χ0n) is 22.6. The average Bonchev–Trinajstić information content (AvgIpc) is 3.50. The molecule has 2 aliphatic heterocycles. The molecule has 2 saturated heterocycles. The van der Waals surface area contributed by atoms with Crippen molar-refractivity contribution in [3.63, 3.8) is 0 Å². The molecule has 2 aliphatic rings. The number of ether oxygens (including phenoxy) is 1. The number of amides is 2. The van der Waals surface area contributed by atoms with Crippen LogP contribution in [0.15, 0.2) is 54.2 Å². The summed E-state index contributed by atoms with van der Waals surface area (Å²) < 4.78 is 5.39. The maximum absolute atomic E-state index is 14.0. The van der Waals surface area contributed by atoms with E-state index in [-0.39, 0.29) is 11.8 Å². The first-order valence-electron chi connectivity index (χ1n) is 13.2. The van der Waals surface area contributed by atoms with Crippen LogP contribution in [-0.2, 0) is 16.0 Å². The minimum Gasteiger partial charge on any atom is -0.497 e. The lowest BCUT2D eigenvalue weighted by molar-refractivity contribution is -0.132. The Hall–Kier alpha value is -4.25. The number of pyridine rings is 1. The largest absolute Gasteiger partial charge is 0.497 e. The summed E-state index contributed by atoms with van der Waals surface area (Å²) in [7, 11) is 1.61. The molecule has 0 saturated carbocycles. The number of nitrogens with two attached hydrogens (primary N) is 1. The Bertz CT molecular complexity index is 1430. The first-order chi connectivity index (χ1) is 19.4. The number of benzene rings is 1. The summed E-state index contributed by atoms with van der Waals surface area (Å²) in [6.45, 7) is 3.55. The van der Waals surface area contributed by atoms with Crippen LogP contribution < -0.4 is 20.7 Å². The number of anilines is 2. The van der Waals surface area contributed by atoms with Crippen LogP contribution in [0.25, 0.3) is 5.57 Å². The van der Waals surface area contributed by atoms with Crippen molar-refractivity contribution in [3.8, 4) is 5.75 Å². The summed E-state index contributed by atoms with van der Waals surface area (Å²) in [5.74, 6) is 1.24. The van der Waals surface area contributed by atoms with Gasteiger partial charge in [-0.2, -0.15) is 0 Å². The van der Waals surface area contributed by atoms with Gasteiger partial charge < -0.3 is 26.1 Å². The normalized spacial score (nSPS) is 18.7. The second-order valence-electron chi connectivity index (χ2n) is 10.2. The second-order valence-corrected chi connectivity index (χ2v) is 11.2. The van der Waals surface area contributed by atoms with E-state index in [0.29, 0.717) is 61.6 Å². The second kappa shape index (κ2) is 11.5. The molecule has 5 rings (SSSR count). The highest BCUT2D eigenvalue weighted by Gasteiger charge is 2.54. The van der Waals surface area contributed by atoms with Gasteiger partial charge in [-0.3, -0.25) is 14.5 Å². The molecule has 4 N–H and O–H groups in total. The number of hydrogen-bond donors (Lipinski definition) is 3. The first-order valence-corrected chi connectivity index (χ1v) is 14.0. The molecule has 4 heterocycles. The number of likely N-dealkylation sites (tertiary alicyclic amines) is 1. The highest BCUT2D eigenvalue weighted by Crippen LogP contribution is 2.44. The number of aromatic nitrogens is 2. The average molecular weight is 560 g/mol. The Morgan fingerprint density at radius 1 is 1.30 bits per heavy atom. The SMILES string of the molecule is COc1cccc(NC2C(=O)N(c3ccc(/C(C=N)=C/N)cn3)CC23CCN(C(=O)Cc2csc(C)n2)CC3)c1. The smallest absolute Gasteiger partial charge is 0.251 e. The number of allylic oxidation sites excluding steroid dienone is 1. The van der Waals surface area contributed by atoms with Crippen molar-refractivity contribution in [3.05, 3.63) is 70.4 Å². The molecule has 1 atom stereocenters. The molecule has 3 aromatic rings. The zero-order valence-corrected chi connectivity index (χ0v) is 23.4. The lowest BCUT2D eigenvalue weighted by Gasteiger charge is -2.42. The molecule has 40 heavy (non-hydrogen) atoms. The molecule has 1 unspecified atom stereocenters. The van der Waals surface area contributed by atoms with E-state index in [1.807, 2.05) is 47.5 Å². The van der Waals surface area contributed by atoms with Crippen molar-refractivity contribution >= 4 is 46.4 Å². The molecule has 0 aliphatic carbocycles. The van der Waals surface area contributed by atoms with Crippen LogP contribution in [0.1, 0.15) is 29.1 Å². The fourth-order valence-electron chi connectivity index (χ4n) is 5.54. The maximum Gasteiger partial charge on any atom is 0.251 e. The van der Waals surface area contributed by atoms with Crippen molar-refractivity contribution in [2.24, 2.45) is 11.1 Å². The fraction of sp³-hybridized carbons (Fsp3) is 0.345. The molecule has 2 amide bonds. The van der Waals surface area contributed by atoms with Gasteiger partial charge in [0.1, 0.15) is 17.6 Å². The van der Waals surface area contributed by atoms with Crippen LogP contribution in [0, 0.1) is 17.7 Å². The Balaban J connectivity index is 1.38. The minimum atomic E-state index is -0.499. The van der Waals surface area contributed by atoms with E-state index < -0.39 is 11.5 Å². The van der Waals surface area contributed by atoms with E-state index in [4.69, 9.17) is 15.9 Å². The molecule has 2 aromatic heterocycles. The Morgan fingerprint density at radius 2 is 2.10 bits per heavy atom. The number of methoxy groups -OCH3 is 1. The number of rotatable bonds is 8. The quantitative estimate of drug-likeness (QED) is 0.359. The molecular weight excluding hydrogens is 526 g/mol. The predicted molar refractivity (Wildman–Crippen MR) is 157 cm³/mol. The van der Waals surface area contributed by atoms with Gasteiger partial charge in [0.25, 0.3) is 5.91 Å². The number of hydrogen-bond acceptors (Lipinski definition) is 9. The molecule has 11 heteroatoms. The van der Waals surface area contributed by atoms with Crippen LogP contribution in [0.2, 0.25) is 0 Å². The third kappa shape index (κ3) is 5.42. The number of thiazole rings is 1. The van der Waals surface area contributed by atoms with E-state index in [0.717, 1.165) is 16.4 Å². The molecular formula is C29H33N7O3S. The van der Waals surface area contributed by atoms with Gasteiger partial charge >= 0.3 is 0 Å². The number of carbonyl (C=O) groups is 2. The van der Waals surface area contributed by atoms with Crippen LogP contribution in [0.3, 0.4) is 0 Å². The monoisotopic (exact) mass is 559 g/mol. The maximum atomic E-state index is 14.0.